The van der Waals surface area contributed by atoms with Crippen LogP contribution in [0, 0.1) is 5.82 Å². The van der Waals surface area contributed by atoms with Crippen LogP contribution in [0.3, 0.4) is 0 Å². The number of benzene rings is 1. The molecule has 5 heteroatoms. The largest absolute Gasteiger partial charge is 0.380 e. The third-order valence-electron chi connectivity index (χ3n) is 3.48. The third kappa shape index (κ3) is 6.33. The number of hydrogen-bond donors (Lipinski definition) is 1. The van der Waals surface area contributed by atoms with Crippen molar-refractivity contribution in [1.29, 1.82) is 0 Å². The van der Waals surface area contributed by atoms with Crippen molar-refractivity contribution in [2.45, 2.75) is 26.8 Å². The molecule has 4 nitrogen and oxygen atoms in total. The molecule has 26 heavy (non-hydrogen) atoms. The van der Waals surface area contributed by atoms with Crippen LogP contribution in [0.15, 0.2) is 73.0 Å². The number of ether oxygens (including phenoxy) is 1. The predicted molar refractivity (Wildman–Crippen MR) is 106 cm³/mol. The van der Waals surface area contributed by atoms with Crippen LogP contribution in [0.25, 0.3) is 0 Å². The van der Waals surface area contributed by atoms with Gasteiger partial charge in [0.2, 0.25) is 0 Å². The molecule has 0 saturated carbocycles. The molecule has 0 aromatic heterocycles. The molecule has 1 rings (SSSR count). The van der Waals surface area contributed by atoms with E-state index in [1.807, 2.05) is 32.9 Å². The molecule has 0 radical (unpaired) electrons. The first-order chi connectivity index (χ1) is 12.4. The minimum atomic E-state index is -0.375. The van der Waals surface area contributed by atoms with E-state index in [1.54, 1.807) is 12.2 Å². The maximum absolute atomic E-state index is 13.3. The monoisotopic (exact) mass is 358 g/mol. The Morgan fingerprint density at radius 3 is 2.58 bits per heavy atom. The van der Waals surface area contributed by atoms with Gasteiger partial charge in [-0.3, -0.25) is 4.90 Å². The summed E-state index contributed by atoms with van der Waals surface area (Å²) in [5.74, 6) is -0.375. The first-order valence-corrected chi connectivity index (χ1v) is 8.53. The van der Waals surface area contributed by atoms with Crippen molar-refractivity contribution in [3.63, 3.8) is 0 Å². The van der Waals surface area contributed by atoms with Gasteiger partial charge in [-0.1, -0.05) is 37.5 Å². The Morgan fingerprint density at radius 2 is 2.04 bits per heavy atom. The lowest BCUT2D eigenvalue weighted by atomic mass is 10.1. The van der Waals surface area contributed by atoms with E-state index in [2.05, 4.69) is 18.5 Å². The molecule has 0 aliphatic rings. The fourth-order valence-corrected chi connectivity index (χ4v) is 2.28. The number of allylic oxidation sites excluding steroid dienone is 4. The van der Waals surface area contributed by atoms with E-state index in [-0.39, 0.29) is 17.9 Å². The predicted octanol–water partition coefficient (Wildman–Crippen LogP) is 4.97. The summed E-state index contributed by atoms with van der Waals surface area (Å²) >= 11 is 0. The molecule has 0 saturated heterocycles. The lowest BCUT2D eigenvalue weighted by Gasteiger charge is -2.27. The van der Waals surface area contributed by atoms with E-state index in [0.717, 1.165) is 5.57 Å². The molecule has 1 unspecified atom stereocenters. The maximum Gasteiger partial charge on any atom is 0.326 e. The number of carbonyl (C=O) groups is 1. The Bertz CT molecular complexity index is 678. The van der Waals surface area contributed by atoms with Crippen molar-refractivity contribution in [2.75, 3.05) is 18.1 Å². The van der Waals surface area contributed by atoms with Gasteiger partial charge >= 0.3 is 6.03 Å². The van der Waals surface area contributed by atoms with Gasteiger partial charge in [-0.2, -0.15) is 0 Å². The molecule has 0 aliphatic heterocycles. The highest BCUT2D eigenvalue weighted by atomic mass is 19.1. The number of hydrogen-bond acceptors (Lipinski definition) is 2. The number of halogens is 1. The zero-order chi connectivity index (χ0) is 19.5. The fourth-order valence-electron chi connectivity index (χ4n) is 2.28. The molecule has 1 atom stereocenters. The zero-order valence-electron chi connectivity index (χ0n) is 15.7. The average molecular weight is 358 g/mol. The summed E-state index contributed by atoms with van der Waals surface area (Å²) in [7, 11) is 0. The normalized spacial score (nSPS) is 12.7. The summed E-state index contributed by atoms with van der Waals surface area (Å²) in [5, 5.41) is 2.88. The topological polar surface area (TPSA) is 41.6 Å². The van der Waals surface area contributed by atoms with E-state index in [9.17, 15) is 9.18 Å². The van der Waals surface area contributed by atoms with Crippen LogP contribution in [-0.2, 0) is 4.74 Å². The lowest BCUT2D eigenvalue weighted by molar-refractivity contribution is 0.129. The Balaban J connectivity index is 3.19. The van der Waals surface area contributed by atoms with Crippen LogP contribution < -0.4 is 10.2 Å². The standard InChI is InChI=1S/C21H27FN2O2/c1-6-9-18(10-7-2)17(5)24(20-13-11-19(22)12-14-20)21(25)23-16(4)15-26-8-3/h6-7,9-14,16H,1,5,8,15H2,2-4H3,(H,23,25)/b10-7-,18-9+. The van der Waals surface area contributed by atoms with E-state index in [0.29, 0.717) is 24.6 Å². The van der Waals surface area contributed by atoms with Crippen LogP contribution in [-0.4, -0.2) is 25.3 Å². The molecule has 1 aromatic rings. The molecule has 140 valence electrons. The second kappa shape index (κ2) is 11.1. The second-order valence-corrected chi connectivity index (χ2v) is 5.63. The average Bonchev–Trinajstić information content (AvgIpc) is 2.61. The van der Waals surface area contributed by atoms with Gasteiger partial charge in [0.05, 0.1) is 24.0 Å². The van der Waals surface area contributed by atoms with Gasteiger partial charge in [-0.25, -0.2) is 9.18 Å². The van der Waals surface area contributed by atoms with Crippen LogP contribution in [0.1, 0.15) is 20.8 Å². The maximum atomic E-state index is 13.3. The lowest BCUT2D eigenvalue weighted by Crippen LogP contribution is -2.45. The van der Waals surface area contributed by atoms with Crippen molar-refractivity contribution in [2.24, 2.45) is 0 Å². The van der Waals surface area contributed by atoms with Gasteiger partial charge in [-0.15, -0.1) is 0 Å². The van der Waals surface area contributed by atoms with E-state index in [1.165, 1.54) is 29.2 Å². The molecule has 0 spiro atoms. The number of nitrogens with one attached hydrogen (secondary N) is 1. The molecule has 0 fully saturated rings. The van der Waals surface area contributed by atoms with E-state index < -0.39 is 0 Å². The highest BCUT2D eigenvalue weighted by Gasteiger charge is 2.22. The SMILES string of the molecule is C=C/C=C(\C=C/C)C(=C)N(C(=O)NC(C)COCC)c1ccc(F)cc1. The Hall–Kier alpha value is -2.66. The van der Waals surface area contributed by atoms with Crippen LogP contribution >= 0.6 is 0 Å². The Morgan fingerprint density at radius 1 is 1.38 bits per heavy atom. The summed E-state index contributed by atoms with van der Waals surface area (Å²) < 4.78 is 18.6. The van der Waals surface area contributed by atoms with E-state index >= 15 is 0 Å². The zero-order valence-corrected chi connectivity index (χ0v) is 15.7. The van der Waals surface area contributed by atoms with Crippen molar-refractivity contribution < 1.29 is 13.9 Å². The van der Waals surface area contributed by atoms with Crippen molar-refractivity contribution in [3.8, 4) is 0 Å². The van der Waals surface area contributed by atoms with Crippen molar-refractivity contribution >= 4 is 11.7 Å². The summed E-state index contributed by atoms with van der Waals surface area (Å²) in [6.45, 7) is 14.3. The number of anilines is 1. The molecule has 0 heterocycles. The molecule has 0 bridgehead atoms. The summed E-state index contributed by atoms with van der Waals surface area (Å²) in [6, 6.07) is 5.13. The third-order valence-corrected chi connectivity index (χ3v) is 3.48. The van der Waals surface area contributed by atoms with Crippen LogP contribution in [0.2, 0.25) is 0 Å². The molecular formula is C21H27FN2O2. The smallest absolute Gasteiger partial charge is 0.326 e. The quantitative estimate of drug-likeness (QED) is 0.633. The van der Waals surface area contributed by atoms with Crippen LogP contribution in [0.4, 0.5) is 14.9 Å². The Kier molecular flexibility index (Phi) is 9.09. The van der Waals surface area contributed by atoms with Crippen LogP contribution in [0.5, 0.6) is 0 Å². The number of urea groups is 1. The molecule has 1 aromatic carbocycles. The minimum absolute atomic E-state index is 0.188. The van der Waals surface area contributed by atoms with E-state index in [4.69, 9.17) is 4.74 Å². The number of nitrogens with zero attached hydrogens (tertiary/aromatic N) is 1. The Labute approximate surface area is 155 Å². The molecule has 2 amide bonds. The van der Waals surface area contributed by atoms with Crippen molar-refractivity contribution in [1.82, 2.24) is 5.32 Å². The summed E-state index contributed by atoms with van der Waals surface area (Å²) in [5.41, 5.74) is 1.69. The van der Waals surface area contributed by atoms with Gasteiger partial charge in [0.15, 0.2) is 0 Å². The second-order valence-electron chi connectivity index (χ2n) is 5.63. The van der Waals surface area contributed by atoms with Gasteiger partial charge in [0.1, 0.15) is 5.82 Å². The van der Waals surface area contributed by atoms with Gasteiger partial charge in [0, 0.05) is 6.61 Å². The van der Waals surface area contributed by atoms with Crippen molar-refractivity contribution in [3.05, 3.63) is 78.8 Å². The first kappa shape index (κ1) is 21.4. The number of rotatable bonds is 9. The summed E-state index contributed by atoms with van der Waals surface area (Å²) in [6.07, 6.45) is 7.06. The number of amides is 2. The van der Waals surface area contributed by atoms with Gasteiger partial charge in [0.25, 0.3) is 0 Å². The highest BCUT2D eigenvalue weighted by molar-refractivity contribution is 5.96. The molecular weight excluding hydrogens is 331 g/mol. The number of carbonyl (C=O) groups excluding carboxylic acids is 1. The van der Waals surface area contributed by atoms with Gasteiger partial charge < -0.3 is 10.1 Å². The fraction of sp³-hybridized carbons (Fsp3) is 0.286. The summed E-state index contributed by atoms with van der Waals surface area (Å²) in [4.78, 5) is 14.3. The minimum Gasteiger partial charge on any atom is -0.380 e. The molecule has 0 aliphatic carbocycles. The first-order valence-electron chi connectivity index (χ1n) is 8.53. The molecule has 1 N–H and O–H groups in total. The highest BCUT2D eigenvalue weighted by Crippen LogP contribution is 2.24. The van der Waals surface area contributed by atoms with Gasteiger partial charge in [-0.05, 0) is 50.6 Å².